The fourth-order valence-electron chi connectivity index (χ4n) is 1.52. The molecule has 0 radical (unpaired) electrons. The topological polar surface area (TPSA) is 63.4 Å². The monoisotopic (exact) mass is 217 g/mol. The fourth-order valence-corrected chi connectivity index (χ4v) is 1.52. The van der Waals surface area contributed by atoms with Gasteiger partial charge in [0.05, 0.1) is 0 Å². The van der Waals surface area contributed by atoms with Gasteiger partial charge in [-0.05, 0) is 6.42 Å². The molecule has 4 nitrogen and oxygen atoms in total. The van der Waals surface area contributed by atoms with Crippen LogP contribution in [0.1, 0.15) is 58.8 Å². The maximum absolute atomic E-state index is 10.4. The van der Waals surface area contributed by atoms with Crippen LogP contribution in [0.25, 0.3) is 0 Å². The van der Waals surface area contributed by atoms with Crippen LogP contribution in [0.5, 0.6) is 0 Å². The Bertz CT molecular complexity index is 173. The molecule has 0 heterocycles. The lowest BCUT2D eigenvalue weighted by atomic mass is 10.0. The van der Waals surface area contributed by atoms with Crippen LogP contribution in [-0.4, -0.2) is 22.2 Å². The molecule has 0 bridgehead atoms. The van der Waals surface area contributed by atoms with E-state index in [1.165, 1.54) is 32.6 Å². The number of nitro groups is 1. The van der Waals surface area contributed by atoms with E-state index < -0.39 is 17.1 Å². The summed E-state index contributed by atoms with van der Waals surface area (Å²) >= 11 is 0. The summed E-state index contributed by atoms with van der Waals surface area (Å²) in [6.07, 6.45) is 6.62. The number of unbranched alkanes of at least 4 members (excludes halogenated alkanes) is 5. The lowest BCUT2D eigenvalue weighted by molar-refractivity contribution is -0.530. The van der Waals surface area contributed by atoms with Gasteiger partial charge in [-0.3, -0.25) is 10.1 Å². The van der Waals surface area contributed by atoms with Gasteiger partial charge in [-0.15, -0.1) is 0 Å². The first-order valence-electron chi connectivity index (χ1n) is 5.91. The van der Waals surface area contributed by atoms with Gasteiger partial charge in [-0.2, -0.15) is 0 Å². The largest absolute Gasteiger partial charge is 0.386 e. The smallest absolute Gasteiger partial charge is 0.235 e. The molecule has 0 aromatic carbocycles. The van der Waals surface area contributed by atoms with E-state index in [9.17, 15) is 15.2 Å². The molecule has 15 heavy (non-hydrogen) atoms. The summed E-state index contributed by atoms with van der Waals surface area (Å²) in [6.45, 7) is 3.63. The van der Waals surface area contributed by atoms with Crippen molar-refractivity contribution in [1.29, 1.82) is 0 Å². The molecule has 0 unspecified atom stereocenters. The van der Waals surface area contributed by atoms with Crippen molar-refractivity contribution in [3.8, 4) is 0 Å². The predicted molar refractivity (Wildman–Crippen MR) is 60.5 cm³/mol. The summed E-state index contributed by atoms with van der Waals surface area (Å²) < 4.78 is 0. The number of aliphatic hydroxyl groups excluding tert-OH is 1. The van der Waals surface area contributed by atoms with Crippen LogP contribution in [0.15, 0.2) is 0 Å². The molecule has 0 fully saturated rings. The molecule has 0 aromatic rings. The Hall–Kier alpha value is -0.640. The lowest BCUT2D eigenvalue weighted by Gasteiger charge is -2.11. The summed E-state index contributed by atoms with van der Waals surface area (Å²) in [5, 5.41) is 19.8. The molecular weight excluding hydrogens is 194 g/mol. The zero-order valence-corrected chi connectivity index (χ0v) is 9.82. The third kappa shape index (κ3) is 7.31. The quantitative estimate of drug-likeness (QED) is 0.367. The van der Waals surface area contributed by atoms with E-state index in [2.05, 4.69) is 6.92 Å². The normalized spacial score (nSPS) is 14.9. The summed E-state index contributed by atoms with van der Waals surface area (Å²) in [4.78, 5) is 9.95. The molecule has 0 saturated carbocycles. The number of hydrogen-bond donors (Lipinski definition) is 1. The van der Waals surface area contributed by atoms with Crippen molar-refractivity contribution in [3.63, 3.8) is 0 Å². The highest BCUT2D eigenvalue weighted by molar-refractivity contribution is 4.62. The highest BCUT2D eigenvalue weighted by atomic mass is 16.6. The van der Waals surface area contributed by atoms with Crippen molar-refractivity contribution in [2.75, 3.05) is 0 Å². The first kappa shape index (κ1) is 14.4. The Kier molecular flexibility index (Phi) is 8.28. The SMILES string of the molecule is CCCCCCCC[C@H](O)[C@@H](C)[N+](=O)[O-]. The molecule has 1 N–H and O–H groups in total. The molecule has 2 atom stereocenters. The van der Waals surface area contributed by atoms with Gasteiger partial charge < -0.3 is 5.11 Å². The number of nitrogens with zero attached hydrogens (tertiary/aromatic N) is 1. The van der Waals surface area contributed by atoms with E-state index in [1.807, 2.05) is 0 Å². The van der Waals surface area contributed by atoms with E-state index in [0.29, 0.717) is 6.42 Å². The first-order chi connectivity index (χ1) is 7.09. The summed E-state index contributed by atoms with van der Waals surface area (Å²) in [5.74, 6) is 0. The van der Waals surface area contributed by atoms with Gasteiger partial charge in [0.1, 0.15) is 6.10 Å². The Labute approximate surface area is 91.8 Å². The highest BCUT2D eigenvalue weighted by Crippen LogP contribution is 2.11. The van der Waals surface area contributed by atoms with Gasteiger partial charge in [0, 0.05) is 11.8 Å². The molecule has 0 amide bonds. The molecule has 0 aliphatic carbocycles. The Balaban J connectivity index is 3.38. The minimum atomic E-state index is -0.833. The minimum Gasteiger partial charge on any atom is -0.386 e. The molecular formula is C11H23NO3. The molecule has 0 spiro atoms. The van der Waals surface area contributed by atoms with E-state index in [4.69, 9.17) is 0 Å². The second kappa shape index (κ2) is 8.65. The van der Waals surface area contributed by atoms with Gasteiger partial charge in [-0.25, -0.2) is 0 Å². The second-order valence-electron chi connectivity index (χ2n) is 4.15. The van der Waals surface area contributed by atoms with Crippen molar-refractivity contribution >= 4 is 0 Å². The van der Waals surface area contributed by atoms with Gasteiger partial charge in [0.15, 0.2) is 0 Å². The zero-order valence-electron chi connectivity index (χ0n) is 9.82. The average molecular weight is 217 g/mol. The standard InChI is InChI=1S/C11H23NO3/c1-3-4-5-6-7-8-9-11(13)10(2)12(14)15/h10-11,13H,3-9H2,1-2H3/t10-,11+/m1/s1. The summed E-state index contributed by atoms with van der Waals surface area (Å²) in [7, 11) is 0. The second-order valence-corrected chi connectivity index (χ2v) is 4.15. The van der Waals surface area contributed by atoms with Crippen LogP contribution >= 0.6 is 0 Å². The molecule has 0 aliphatic heterocycles. The molecule has 4 heteroatoms. The van der Waals surface area contributed by atoms with Crippen LogP contribution in [0.3, 0.4) is 0 Å². The zero-order chi connectivity index (χ0) is 11.7. The first-order valence-corrected chi connectivity index (χ1v) is 5.91. The number of hydrogen-bond acceptors (Lipinski definition) is 3. The minimum absolute atomic E-state index is 0.415. The molecule has 0 rings (SSSR count). The molecule has 0 aromatic heterocycles. The molecule has 0 aliphatic rings. The van der Waals surface area contributed by atoms with Crippen LogP contribution in [-0.2, 0) is 0 Å². The Morgan fingerprint density at radius 3 is 2.27 bits per heavy atom. The fraction of sp³-hybridized carbons (Fsp3) is 1.00. The van der Waals surface area contributed by atoms with Crippen LogP contribution in [0, 0.1) is 10.1 Å². The summed E-state index contributed by atoms with van der Waals surface area (Å²) in [6, 6.07) is -0.833. The van der Waals surface area contributed by atoms with Crippen molar-refractivity contribution in [3.05, 3.63) is 10.1 Å². The Morgan fingerprint density at radius 2 is 1.73 bits per heavy atom. The maximum atomic E-state index is 10.4. The number of aliphatic hydroxyl groups is 1. The number of rotatable bonds is 9. The molecule has 90 valence electrons. The van der Waals surface area contributed by atoms with E-state index in [1.54, 1.807) is 0 Å². The van der Waals surface area contributed by atoms with E-state index in [-0.39, 0.29) is 0 Å². The van der Waals surface area contributed by atoms with Gasteiger partial charge in [0.2, 0.25) is 6.04 Å². The van der Waals surface area contributed by atoms with Gasteiger partial charge in [-0.1, -0.05) is 45.4 Å². The summed E-state index contributed by atoms with van der Waals surface area (Å²) in [5.41, 5.74) is 0. The van der Waals surface area contributed by atoms with Crippen molar-refractivity contribution in [2.45, 2.75) is 70.9 Å². The molecule has 0 saturated heterocycles. The van der Waals surface area contributed by atoms with E-state index >= 15 is 0 Å². The van der Waals surface area contributed by atoms with Crippen molar-refractivity contribution < 1.29 is 10.0 Å². The van der Waals surface area contributed by atoms with E-state index in [0.717, 1.165) is 12.8 Å². The third-order valence-electron chi connectivity index (χ3n) is 2.74. The maximum Gasteiger partial charge on any atom is 0.235 e. The van der Waals surface area contributed by atoms with Crippen LogP contribution in [0.4, 0.5) is 0 Å². The predicted octanol–water partition coefficient (Wildman–Crippen LogP) is 2.76. The third-order valence-corrected chi connectivity index (χ3v) is 2.74. The Morgan fingerprint density at radius 1 is 1.20 bits per heavy atom. The van der Waals surface area contributed by atoms with Crippen LogP contribution in [0.2, 0.25) is 0 Å². The average Bonchev–Trinajstić information content (AvgIpc) is 2.21. The van der Waals surface area contributed by atoms with Crippen molar-refractivity contribution in [1.82, 2.24) is 0 Å². The van der Waals surface area contributed by atoms with Gasteiger partial charge >= 0.3 is 0 Å². The lowest BCUT2D eigenvalue weighted by Crippen LogP contribution is -2.30. The van der Waals surface area contributed by atoms with Gasteiger partial charge in [0.25, 0.3) is 0 Å². The highest BCUT2D eigenvalue weighted by Gasteiger charge is 2.22. The van der Waals surface area contributed by atoms with Crippen molar-refractivity contribution in [2.24, 2.45) is 0 Å². The van der Waals surface area contributed by atoms with Crippen LogP contribution < -0.4 is 0 Å².